The zero-order valence-corrected chi connectivity index (χ0v) is 13.8. The van der Waals surface area contributed by atoms with E-state index in [0.717, 1.165) is 37.2 Å². The predicted octanol–water partition coefficient (Wildman–Crippen LogP) is 3.38. The summed E-state index contributed by atoms with van der Waals surface area (Å²) in [5, 5.41) is 18.4. The van der Waals surface area contributed by atoms with Gasteiger partial charge in [0.05, 0.1) is 5.69 Å². The fourth-order valence-electron chi connectivity index (χ4n) is 2.51. The Bertz CT molecular complexity index is 675. The number of nitriles is 1. The molecule has 0 fully saturated rings. The maximum atomic E-state index is 9.40. The van der Waals surface area contributed by atoms with Crippen LogP contribution in [0.1, 0.15) is 43.5 Å². The molecule has 0 aliphatic heterocycles. The monoisotopic (exact) mass is 297 g/mol. The molecule has 0 spiro atoms. The van der Waals surface area contributed by atoms with Crippen molar-refractivity contribution in [2.45, 2.75) is 40.5 Å². The Hall–Kier alpha value is -2.35. The van der Waals surface area contributed by atoms with Crippen LogP contribution in [0.15, 0.2) is 18.2 Å². The zero-order chi connectivity index (χ0) is 16.1. The molecule has 0 bridgehead atoms. The van der Waals surface area contributed by atoms with Crippen LogP contribution in [0.2, 0.25) is 0 Å². The van der Waals surface area contributed by atoms with Gasteiger partial charge in [0.1, 0.15) is 6.07 Å². The van der Waals surface area contributed by atoms with Gasteiger partial charge in [0.25, 0.3) is 0 Å². The van der Waals surface area contributed by atoms with Gasteiger partial charge >= 0.3 is 0 Å². The first-order chi connectivity index (χ1) is 10.6. The molecule has 0 radical (unpaired) electrons. The number of aryl methyl sites for hydroxylation is 1. The maximum absolute atomic E-state index is 9.40. The van der Waals surface area contributed by atoms with Crippen molar-refractivity contribution in [3.05, 3.63) is 35.0 Å². The zero-order valence-electron chi connectivity index (χ0n) is 13.8. The highest BCUT2D eigenvalue weighted by molar-refractivity contribution is 5.51. The molecule has 0 saturated heterocycles. The molecule has 22 heavy (non-hydrogen) atoms. The van der Waals surface area contributed by atoms with Gasteiger partial charge in [-0.3, -0.25) is 0 Å². The third-order valence-electron chi connectivity index (χ3n) is 3.78. The summed E-state index contributed by atoms with van der Waals surface area (Å²) < 4.78 is 0. The van der Waals surface area contributed by atoms with Crippen molar-refractivity contribution >= 4 is 5.82 Å². The van der Waals surface area contributed by atoms with E-state index in [0.29, 0.717) is 11.5 Å². The van der Waals surface area contributed by atoms with E-state index >= 15 is 0 Å². The molecule has 0 aliphatic carbocycles. The molecule has 0 unspecified atom stereocenters. The quantitative estimate of drug-likeness (QED) is 0.820. The molecule has 5 nitrogen and oxygen atoms in total. The van der Waals surface area contributed by atoms with Crippen molar-refractivity contribution < 1.29 is 0 Å². The van der Waals surface area contributed by atoms with Crippen molar-refractivity contribution in [3.8, 4) is 11.8 Å². The summed E-state index contributed by atoms with van der Waals surface area (Å²) in [5.74, 6) is 0.687. The van der Waals surface area contributed by atoms with Gasteiger partial charge in [-0.25, -0.2) is 0 Å². The number of aromatic nitrogens is 3. The van der Waals surface area contributed by atoms with Gasteiger partial charge in [-0.15, -0.1) is 15.0 Å². The third kappa shape index (κ3) is 3.11. The third-order valence-corrected chi connectivity index (χ3v) is 3.78. The summed E-state index contributed by atoms with van der Waals surface area (Å²) in [4.78, 5) is 3.74. The Kier molecular flexibility index (Phi) is 5.16. The Balaban J connectivity index is 2.48. The smallest absolute Gasteiger partial charge is 0.207 e. The molecule has 1 heterocycles. The average molecular weight is 297 g/mol. The Morgan fingerprint density at radius 2 is 1.82 bits per heavy atom. The number of hydrogen-bond acceptors (Lipinski definition) is 4. The van der Waals surface area contributed by atoms with Crippen LogP contribution in [-0.2, 0) is 0 Å². The molecule has 1 aromatic carbocycles. The predicted molar refractivity (Wildman–Crippen MR) is 88.3 cm³/mol. The van der Waals surface area contributed by atoms with Gasteiger partial charge < -0.3 is 4.90 Å². The minimum Gasteiger partial charge on any atom is -0.353 e. The lowest BCUT2D eigenvalue weighted by Crippen LogP contribution is -2.26. The molecule has 0 aliphatic rings. The number of nitrogens with zero attached hydrogens (tertiary/aromatic N) is 5. The lowest BCUT2D eigenvalue weighted by Gasteiger charge is -2.20. The van der Waals surface area contributed by atoms with Gasteiger partial charge in [-0.2, -0.15) is 5.26 Å². The number of hydrogen-bond donors (Lipinski definition) is 0. The van der Waals surface area contributed by atoms with Crippen LogP contribution in [0, 0.1) is 25.2 Å². The highest BCUT2D eigenvalue weighted by Gasteiger charge is 2.18. The molecule has 0 saturated carbocycles. The number of rotatable bonds is 6. The summed E-state index contributed by atoms with van der Waals surface area (Å²) in [7, 11) is 0. The molecular formula is C17H23N5. The van der Waals surface area contributed by atoms with E-state index in [1.54, 1.807) is 4.80 Å². The lowest BCUT2D eigenvalue weighted by molar-refractivity contribution is 0.706. The van der Waals surface area contributed by atoms with E-state index in [9.17, 15) is 5.26 Å². The van der Waals surface area contributed by atoms with Gasteiger partial charge in [0, 0.05) is 13.1 Å². The summed E-state index contributed by atoms with van der Waals surface area (Å²) in [6.45, 7) is 10.1. The summed E-state index contributed by atoms with van der Waals surface area (Å²) >= 11 is 0. The van der Waals surface area contributed by atoms with Crippen molar-refractivity contribution in [1.29, 1.82) is 5.26 Å². The Morgan fingerprint density at radius 1 is 1.14 bits per heavy atom. The molecule has 5 heteroatoms. The molecule has 0 atom stereocenters. The van der Waals surface area contributed by atoms with Gasteiger partial charge in [0.2, 0.25) is 5.69 Å². The highest BCUT2D eigenvalue weighted by atomic mass is 15.5. The van der Waals surface area contributed by atoms with E-state index in [1.165, 1.54) is 5.56 Å². The minimum atomic E-state index is 0.391. The average Bonchev–Trinajstić information content (AvgIpc) is 2.93. The fraction of sp³-hybridized carbons (Fsp3) is 0.471. The summed E-state index contributed by atoms with van der Waals surface area (Å²) in [6, 6.07) is 8.22. The van der Waals surface area contributed by atoms with E-state index in [1.807, 2.05) is 12.1 Å². The lowest BCUT2D eigenvalue weighted by atomic mass is 10.1. The second kappa shape index (κ2) is 7.08. The maximum Gasteiger partial charge on any atom is 0.207 e. The molecule has 0 amide bonds. The van der Waals surface area contributed by atoms with Crippen molar-refractivity contribution in [1.82, 2.24) is 15.0 Å². The molecular weight excluding hydrogens is 274 g/mol. The largest absolute Gasteiger partial charge is 0.353 e. The number of benzene rings is 1. The second-order valence-corrected chi connectivity index (χ2v) is 5.48. The van der Waals surface area contributed by atoms with E-state index in [2.05, 4.69) is 54.9 Å². The molecule has 0 N–H and O–H groups in total. The topological polar surface area (TPSA) is 57.7 Å². The Morgan fingerprint density at radius 3 is 2.41 bits per heavy atom. The van der Waals surface area contributed by atoms with Crippen LogP contribution >= 0.6 is 0 Å². The Labute approximate surface area is 132 Å². The summed E-state index contributed by atoms with van der Waals surface area (Å²) in [6.07, 6.45) is 2.03. The van der Waals surface area contributed by atoms with Gasteiger partial charge in [-0.1, -0.05) is 26.0 Å². The normalized spacial score (nSPS) is 10.5. The van der Waals surface area contributed by atoms with E-state index in [4.69, 9.17) is 0 Å². The van der Waals surface area contributed by atoms with Crippen LogP contribution in [0.5, 0.6) is 0 Å². The van der Waals surface area contributed by atoms with Crippen LogP contribution < -0.4 is 4.90 Å². The van der Waals surface area contributed by atoms with Crippen molar-refractivity contribution in [3.63, 3.8) is 0 Å². The van der Waals surface area contributed by atoms with Crippen LogP contribution in [0.3, 0.4) is 0 Å². The molecule has 2 rings (SSSR count). The minimum absolute atomic E-state index is 0.391. The van der Waals surface area contributed by atoms with Gasteiger partial charge in [-0.05, 0) is 43.9 Å². The first-order valence-electron chi connectivity index (χ1n) is 7.81. The highest BCUT2D eigenvalue weighted by Crippen LogP contribution is 2.21. The van der Waals surface area contributed by atoms with E-state index in [-0.39, 0.29) is 0 Å². The standard InChI is InChI=1S/C17H23N5/c1-5-10-21(11-6-2)17-15(12-18)19-22(20-17)16-9-7-8-13(3)14(16)4/h7-9H,5-6,10-11H2,1-4H3. The van der Waals surface area contributed by atoms with Crippen LogP contribution in [-0.4, -0.2) is 28.1 Å². The van der Waals surface area contributed by atoms with Crippen molar-refractivity contribution in [2.24, 2.45) is 0 Å². The molecule has 1 aromatic heterocycles. The SMILES string of the molecule is CCCN(CCC)c1nn(-c2cccc(C)c2C)nc1C#N. The first-order valence-corrected chi connectivity index (χ1v) is 7.81. The first kappa shape index (κ1) is 16.0. The van der Waals surface area contributed by atoms with Crippen LogP contribution in [0.25, 0.3) is 5.69 Å². The summed E-state index contributed by atoms with van der Waals surface area (Å²) in [5.41, 5.74) is 3.64. The number of anilines is 1. The van der Waals surface area contributed by atoms with Gasteiger partial charge in [0.15, 0.2) is 5.82 Å². The fourth-order valence-corrected chi connectivity index (χ4v) is 2.51. The molecule has 2 aromatic rings. The van der Waals surface area contributed by atoms with Crippen LogP contribution in [0.4, 0.5) is 5.82 Å². The second-order valence-electron chi connectivity index (χ2n) is 5.48. The molecule has 116 valence electrons. The van der Waals surface area contributed by atoms with Crippen molar-refractivity contribution in [2.75, 3.05) is 18.0 Å². The van der Waals surface area contributed by atoms with E-state index < -0.39 is 0 Å².